The fourth-order valence-electron chi connectivity index (χ4n) is 3.08. The number of aryl methyl sites for hydroxylation is 3. The van der Waals surface area contributed by atoms with Gasteiger partial charge in [0.25, 0.3) is 5.91 Å². The van der Waals surface area contributed by atoms with Crippen LogP contribution in [0, 0.1) is 6.92 Å². The molecule has 0 aliphatic rings. The zero-order chi connectivity index (χ0) is 20.2. The second-order valence-electron chi connectivity index (χ2n) is 6.87. The predicted molar refractivity (Wildman–Crippen MR) is 117 cm³/mol. The number of aromatic nitrogens is 3. The van der Waals surface area contributed by atoms with Gasteiger partial charge in [-0.25, -0.2) is 0 Å². The van der Waals surface area contributed by atoms with Gasteiger partial charge < -0.3 is 11.1 Å². The number of nitrogens with zero attached hydrogens (tertiary/aromatic N) is 3. The second-order valence-corrected chi connectivity index (χ2v) is 7.65. The Bertz CT molecular complexity index is 1130. The molecule has 0 atom stereocenters. The molecule has 146 valence electrons. The number of nitrogen functional groups attached to an aromatic ring is 1. The first-order valence-corrected chi connectivity index (χ1v) is 10.2. The molecule has 0 aliphatic carbocycles. The van der Waals surface area contributed by atoms with Gasteiger partial charge in [0, 0.05) is 6.54 Å². The smallest absolute Gasteiger partial charge is 0.277 e. The van der Waals surface area contributed by atoms with Crippen LogP contribution in [0.2, 0.25) is 0 Å². The summed E-state index contributed by atoms with van der Waals surface area (Å²) in [6.07, 6.45) is 2.48. The quantitative estimate of drug-likeness (QED) is 0.468. The van der Waals surface area contributed by atoms with E-state index in [1.807, 2.05) is 29.6 Å². The molecule has 0 fully saturated rings. The van der Waals surface area contributed by atoms with E-state index in [0.717, 1.165) is 17.5 Å². The molecule has 7 heteroatoms. The molecule has 2 heterocycles. The monoisotopic (exact) mass is 403 g/mol. The van der Waals surface area contributed by atoms with Gasteiger partial charge in [-0.05, 0) is 59.0 Å². The van der Waals surface area contributed by atoms with Crippen LogP contribution in [0.1, 0.15) is 21.6 Å². The fraction of sp³-hybridized carbons (Fsp3) is 0.136. The minimum atomic E-state index is -0.332. The first-order valence-electron chi connectivity index (χ1n) is 9.27. The van der Waals surface area contributed by atoms with Crippen LogP contribution in [0.5, 0.6) is 0 Å². The molecule has 2 aromatic heterocycles. The van der Waals surface area contributed by atoms with Gasteiger partial charge in [0.1, 0.15) is 0 Å². The summed E-state index contributed by atoms with van der Waals surface area (Å²) in [5, 5.41) is 15.0. The number of hydrogen-bond acceptors (Lipinski definition) is 5. The minimum absolute atomic E-state index is 0.259. The van der Waals surface area contributed by atoms with Gasteiger partial charge in [0.05, 0.1) is 17.6 Å². The summed E-state index contributed by atoms with van der Waals surface area (Å²) in [7, 11) is 0. The lowest BCUT2D eigenvalue weighted by Gasteiger charge is -2.09. The number of anilines is 2. The van der Waals surface area contributed by atoms with Gasteiger partial charge >= 0.3 is 0 Å². The van der Waals surface area contributed by atoms with Crippen molar-refractivity contribution >= 4 is 28.6 Å². The SMILES string of the molecule is Cc1cccc(CCn2cc(C(=O)Nc3cc(-c4ccsc4)ccc3N)nn2)c1. The Morgan fingerprint density at radius 1 is 1.17 bits per heavy atom. The van der Waals surface area contributed by atoms with Crippen molar-refractivity contribution in [2.45, 2.75) is 19.9 Å². The summed E-state index contributed by atoms with van der Waals surface area (Å²) in [5.74, 6) is -0.332. The van der Waals surface area contributed by atoms with Gasteiger partial charge in [0.15, 0.2) is 5.69 Å². The lowest BCUT2D eigenvalue weighted by atomic mass is 10.1. The van der Waals surface area contributed by atoms with Crippen LogP contribution >= 0.6 is 11.3 Å². The van der Waals surface area contributed by atoms with E-state index >= 15 is 0 Å². The molecule has 2 aromatic carbocycles. The van der Waals surface area contributed by atoms with Crippen molar-refractivity contribution in [3.8, 4) is 11.1 Å². The Morgan fingerprint density at radius 2 is 2.07 bits per heavy atom. The molecule has 0 aliphatic heterocycles. The van der Waals surface area contributed by atoms with Crippen molar-refractivity contribution < 1.29 is 4.79 Å². The Labute approximate surface area is 173 Å². The number of rotatable bonds is 6. The van der Waals surface area contributed by atoms with Crippen LogP contribution in [0.15, 0.2) is 65.5 Å². The largest absolute Gasteiger partial charge is 0.397 e. The lowest BCUT2D eigenvalue weighted by Crippen LogP contribution is -2.13. The number of carbonyl (C=O) groups excluding carboxylic acids is 1. The van der Waals surface area contributed by atoms with Crippen molar-refractivity contribution in [2.75, 3.05) is 11.1 Å². The van der Waals surface area contributed by atoms with E-state index in [1.54, 1.807) is 28.3 Å². The topological polar surface area (TPSA) is 85.8 Å². The van der Waals surface area contributed by atoms with Gasteiger partial charge in [-0.2, -0.15) is 11.3 Å². The third-order valence-corrected chi connectivity index (χ3v) is 5.32. The molecule has 4 aromatic rings. The summed E-state index contributed by atoms with van der Waals surface area (Å²) >= 11 is 1.62. The lowest BCUT2D eigenvalue weighted by molar-refractivity contribution is 0.102. The molecular formula is C22H21N5OS. The first kappa shape index (κ1) is 18.9. The molecule has 1 amide bonds. The average molecular weight is 404 g/mol. The van der Waals surface area contributed by atoms with Crippen LogP contribution in [0.3, 0.4) is 0 Å². The van der Waals surface area contributed by atoms with Crippen molar-refractivity contribution in [3.63, 3.8) is 0 Å². The second kappa shape index (κ2) is 8.28. The summed E-state index contributed by atoms with van der Waals surface area (Å²) in [4.78, 5) is 12.6. The number of hydrogen-bond donors (Lipinski definition) is 2. The number of nitrogens with two attached hydrogens (primary N) is 1. The Hall–Kier alpha value is -3.45. The molecule has 0 spiro atoms. The van der Waals surface area contributed by atoms with E-state index in [4.69, 9.17) is 5.73 Å². The maximum absolute atomic E-state index is 12.6. The van der Waals surface area contributed by atoms with Gasteiger partial charge in [-0.15, -0.1) is 5.10 Å². The van der Waals surface area contributed by atoms with Crippen LogP contribution in [0.4, 0.5) is 11.4 Å². The van der Waals surface area contributed by atoms with Crippen LogP contribution in [-0.2, 0) is 13.0 Å². The number of thiophene rings is 1. The summed E-state index contributed by atoms with van der Waals surface area (Å²) in [6, 6.07) is 16.0. The number of nitrogens with one attached hydrogen (secondary N) is 1. The third-order valence-electron chi connectivity index (χ3n) is 4.64. The molecule has 0 saturated carbocycles. The molecule has 0 bridgehead atoms. The highest BCUT2D eigenvalue weighted by Crippen LogP contribution is 2.28. The van der Waals surface area contributed by atoms with Crippen LogP contribution in [0.25, 0.3) is 11.1 Å². The highest BCUT2D eigenvalue weighted by atomic mass is 32.1. The number of benzene rings is 2. The van der Waals surface area contributed by atoms with Gasteiger partial charge in [0.2, 0.25) is 0 Å². The Kier molecular flexibility index (Phi) is 5.39. The van der Waals surface area contributed by atoms with Crippen molar-refractivity contribution in [3.05, 3.63) is 82.3 Å². The molecule has 0 saturated heterocycles. The molecule has 0 radical (unpaired) electrons. The predicted octanol–water partition coefficient (Wildman–Crippen LogP) is 4.39. The maximum Gasteiger partial charge on any atom is 0.277 e. The van der Waals surface area contributed by atoms with E-state index in [-0.39, 0.29) is 11.6 Å². The van der Waals surface area contributed by atoms with E-state index in [1.165, 1.54) is 11.1 Å². The van der Waals surface area contributed by atoms with E-state index in [0.29, 0.717) is 17.9 Å². The average Bonchev–Trinajstić information content (AvgIpc) is 3.40. The first-order chi connectivity index (χ1) is 14.1. The van der Waals surface area contributed by atoms with Crippen molar-refractivity contribution in [2.24, 2.45) is 0 Å². The highest BCUT2D eigenvalue weighted by molar-refractivity contribution is 7.08. The Balaban J connectivity index is 1.43. The summed E-state index contributed by atoms with van der Waals surface area (Å²) in [5.41, 5.74) is 11.9. The molecule has 6 nitrogen and oxygen atoms in total. The normalized spacial score (nSPS) is 10.8. The molecular weight excluding hydrogens is 382 g/mol. The minimum Gasteiger partial charge on any atom is -0.397 e. The summed E-state index contributed by atoms with van der Waals surface area (Å²) in [6.45, 7) is 2.72. The zero-order valence-corrected chi connectivity index (χ0v) is 16.8. The van der Waals surface area contributed by atoms with Crippen LogP contribution in [-0.4, -0.2) is 20.9 Å². The standard InChI is InChI=1S/C22H21N5OS/c1-15-3-2-4-16(11-15)7-9-27-13-21(25-26-27)22(28)24-20-12-17(5-6-19(20)23)18-8-10-29-14-18/h2-6,8,10-14H,7,9,23H2,1H3,(H,24,28). The van der Waals surface area contributed by atoms with E-state index in [9.17, 15) is 4.79 Å². The van der Waals surface area contributed by atoms with Crippen molar-refractivity contribution in [1.82, 2.24) is 15.0 Å². The highest BCUT2D eigenvalue weighted by Gasteiger charge is 2.13. The fourth-order valence-corrected chi connectivity index (χ4v) is 3.75. The Morgan fingerprint density at radius 3 is 2.86 bits per heavy atom. The van der Waals surface area contributed by atoms with Gasteiger partial charge in [-0.1, -0.05) is 41.1 Å². The summed E-state index contributed by atoms with van der Waals surface area (Å²) < 4.78 is 1.68. The zero-order valence-electron chi connectivity index (χ0n) is 16.0. The molecule has 4 rings (SSSR count). The number of amides is 1. The molecule has 29 heavy (non-hydrogen) atoms. The van der Waals surface area contributed by atoms with Crippen molar-refractivity contribution in [1.29, 1.82) is 0 Å². The third kappa shape index (κ3) is 4.52. The van der Waals surface area contributed by atoms with Crippen LogP contribution < -0.4 is 11.1 Å². The molecule has 3 N–H and O–H groups in total. The van der Waals surface area contributed by atoms with E-state index in [2.05, 4.69) is 46.1 Å². The van der Waals surface area contributed by atoms with Gasteiger partial charge in [-0.3, -0.25) is 9.48 Å². The molecule has 0 unspecified atom stereocenters. The maximum atomic E-state index is 12.6. The van der Waals surface area contributed by atoms with E-state index < -0.39 is 0 Å². The number of carbonyl (C=O) groups is 1.